The van der Waals surface area contributed by atoms with Gasteiger partial charge in [-0.15, -0.1) is 11.6 Å². The number of Topliss-reactive ketones (excluding diaryl/α,β-unsaturated/α-hetero) is 1. The molecule has 8 heteroatoms. The molecule has 114 valence electrons. The fourth-order valence-corrected chi connectivity index (χ4v) is 1.71. The minimum atomic E-state index is -2.17. The molecule has 0 saturated heterocycles. The normalized spacial score (nSPS) is 13.2. The van der Waals surface area contributed by atoms with Gasteiger partial charge in [0.2, 0.25) is 5.91 Å². The van der Waals surface area contributed by atoms with Crippen LogP contribution in [0.4, 0.5) is 0 Å². The Hall–Kier alpha value is -2.12. The van der Waals surface area contributed by atoms with E-state index in [9.17, 15) is 24.6 Å². The summed E-state index contributed by atoms with van der Waals surface area (Å²) < 4.78 is 0. The van der Waals surface area contributed by atoms with Crippen LogP contribution in [-0.4, -0.2) is 45.8 Å². The van der Waals surface area contributed by atoms with Gasteiger partial charge in [-0.3, -0.25) is 9.59 Å². The van der Waals surface area contributed by atoms with Crippen LogP contribution in [0.15, 0.2) is 24.3 Å². The van der Waals surface area contributed by atoms with Crippen molar-refractivity contribution in [2.45, 2.75) is 12.0 Å². The largest absolute Gasteiger partial charge is 0.508 e. The second kappa shape index (κ2) is 7.05. The molecule has 0 aromatic heterocycles. The fourth-order valence-electron chi connectivity index (χ4n) is 1.61. The predicted octanol–water partition coefficient (Wildman–Crippen LogP) is -0.359. The van der Waals surface area contributed by atoms with Crippen LogP contribution in [0, 0.1) is 0 Å². The summed E-state index contributed by atoms with van der Waals surface area (Å²) in [6.07, 6.45) is -0.266. The van der Waals surface area contributed by atoms with Gasteiger partial charge in [-0.05, 0) is 17.7 Å². The molecule has 1 aromatic carbocycles. The van der Waals surface area contributed by atoms with Crippen molar-refractivity contribution in [3.8, 4) is 5.75 Å². The number of nitrogens with two attached hydrogens (primary N) is 1. The zero-order valence-corrected chi connectivity index (χ0v) is 11.8. The number of aliphatic carboxylic acids is 1. The third-order valence-electron chi connectivity index (χ3n) is 2.87. The van der Waals surface area contributed by atoms with Crippen LogP contribution in [-0.2, 0) is 20.8 Å². The van der Waals surface area contributed by atoms with Gasteiger partial charge in [-0.1, -0.05) is 12.1 Å². The molecule has 1 rings (SSSR count). The number of amides is 1. The van der Waals surface area contributed by atoms with Gasteiger partial charge in [-0.2, -0.15) is 0 Å². The van der Waals surface area contributed by atoms with Gasteiger partial charge < -0.3 is 21.3 Å². The summed E-state index contributed by atoms with van der Waals surface area (Å²) in [6, 6.07) is 5.64. The monoisotopic (exact) mass is 314 g/mol. The summed E-state index contributed by atoms with van der Waals surface area (Å²) in [5.74, 6) is -3.27. The number of phenols is 1. The molecule has 0 spiro atoms. The SMILES string of the molecule is N[C@@](Cc1ccc(O)cc1)(C(=O)O)C(=O)CNC(=O)CCl. The molecule has 0 unspecified atom stereocenters. The minimum Gasteiger partial charge on any atom is -0.508 e. The highest BCUT2D eigenvalue weighted by atomic mass is 35.5. The smallest absolute Gasteiger partial charge is 0.331 e. The number of ketones is 1. The Morgan fingerprint density at radius 1 is 1.24 bits per heavy atom. The van der Waals surface area contributed by atoms with E-state index >= 15 is 0 Å². The third kappa shape index (κ3) is 4.44. The molecule has 1 amide bonds. The van der Waals surface area contributed by atoms with Crippen LogP contribution in [0.2, 0.25) is 0 Å². The molecule has 1 atom stereocenters. The van der Waals surface area contributed by atoms with E-state index in [4.69, 9.17) is 17.3 Å². The summed E-state index contributed by atoms with van der Waals surface area (Å²) in [6.45, 7) is -0.521. The highest BCUT2D eigenvalue weighted by molar-refractivity contribution is 6.27. The Balaban J connectivity index is 2.87. The second-order valence-electron chi connectivity index (χ2n) is 4.45. The number of phenolic OH excluding ortho intramolecular Hbond substituents is 1. The quantitative estimate of drug-likeness (QED) is 0.402. The maximum atomic E-state index is 12.0. The Kier molecular flexibility index (Phi) is 5.69. The van der Waals surface area contributed by atoms with Gasteiger partial charge in [0, 0.05) is 6.42 Å². The van der Waals surface area contributed by atoms with Crippen LogP contribution in [0.25, 0.3) is 0 Å². The first-order valence-electron chi connectivity index (χ1n) is 5.95. The van der Waals surface area contributed by atoms with Gasteiger partial charge >= 0.3 is 5.97 Å². The van der Waals surface area contributed by atoms with Crippen molar-refractivity contribution in [1.29, 1.82) is 0 Å². The number of hydrogen-bond donors (Lipinski definition) is 4. The van der Waals surface area contributed by atoms with E-state index in [1.165, 1.54) is 24.3 Å². The van der Waals surface area contributed by atoms with E-state index in [0.717, 1.165) is 0 Å². The van der Waals surface area contributed by atoms with Gasteiger partial charge in [0.1, 0.15) is 11.6 Å². The highest BCUT2D eigenvalue weighted by Gasteiger charge is 2.41. The summed E-state index contributed by atoms with van der Waals surface area (Å²) in [5.41, 5.74) is 3.98. The molecular weight excluding hydrogens is 300 g/mol. The predicted molar refractivity (Wildman–Crippen MR) is 75.1 cm³/mol. The molecule has 0 radical (unpaired) electrons. The number of hydrogen-bond acceptors (Lipinski definition) is 5. The summed E-state index contributed by atoms with van der Waals surface area (Å²) >= 11 is 5.26. The van der Waals surface area contributed by atoms with E-state index in [0.29, 0.717) is 5.56 Å². The molecule has 0 aliphatic carbocycles. The van der Waals surface area contributed by atoms with Crippen molar-refractivity contribution < 1.29 is 24.6 Å². The number of halogens is 1. The lowest BCUT2D eigenvalue weighted by molar-refractivity contribution is -0.148. The molecule has 0 heterocycles. The number of carboxylic acids is 1. The maximum absolute atomic E-state index is 12.0. The summed E-state index contributed by atoms with van der Waals surface area (Å²) in [7, 11) is 0. The Bertz CT molecular complexity index is 546. The number of rotatable bonds is 7. The first-order chi connectivity index (χ1) is 9.79. The maximum Gasteiger partial charge on any atom is 0.331 e. The highest BCUT2D eigenvalue weighted by Crippen LogP contribution is 2.16. The zero-order valence-electron chi connectivity index (χ0n) is 11.0. The van der Waals surface area contributed by atoms with Crippen LogP contribution in [0.1, 0.15) is 5.56 Å². The van der Waals surface area contributed by atoms with Crippen LogP contribution >= 0.6 is 11.6 Å². The lowest BCUT2D eigenvalue weighted by atomic mass is 9.87. The summed E-state index contributed by atoms with van der Waals surface area (Å²) in [5, 5.41) is 20.6. The first kappa shape index (κ1) is 16.9. The number of carboxylic acid groups (broad SMARTS) is 1. The lowest BCUT2D eigenvalue weighted by Crippen LogP contribution is -2.59. The fraction of sp³-hybridized carbons (Fsp3) is 0.308. The third-order valence-corrected chi connectivity index (χ3v) is 3.11. The average molecular weight is 315 g/mol. The van der Waals surface area contributed by atoms with Crippen LogP contribution < -0.4 is 11.1 Å². The van der Waals surface area contributed by atoms with E-state index in [-0.39, 0.29) is 18.1 Å². The number of alkyl halides is 1. The molecule has 0 aliphatic heterocycles. The number of carbonyl (C=O) groups excluding carboxylic acids is 2. The van der Waals surface area contributed by atoms with Crippen molar-refractivity contribution in [1.82, 2.24) is 5.32 Å². The van der Waals surface area contributed by atoms with Crippen molar-refractivity contribution >= 4 is 29.3 Å². The number of nitrogens with one attached hydrogen (secondary N) is 1. The van der Waals surface area contributed by atoms with Gasteiger partial charge in [0.25, 0.3) is 0 Å². The first-order valence-corrected chi connectivity index (χ1v) is 6.49. The molecule has 1 aromatic rings. The van der Waals surface area contributed by atoms with Gasteiger partial charge in [0.15, 0.2) is 11.3 Å². The summed E-state index contributed by atoms with van der Waals surface area (Å²) in [4.78, 5) is 34.3. The van der Waals surface area contributed by atoms with Crippen molar-refractivity contribution in [3.63, 3.8) is 0 Å². The van der Waals surface area contributed by atoms with Crippen LogP contribution in [0.5, 0.6) is 5.75 Å². The molecule has 0 aliphatic rings. The molecular formula is C13H15ClN2O5. The van der Waals surface area contributed by atoms with Crippen LogP contribution in [0.3, 0.4) is 0 Å². The average Bonchev–Trinajstić information content (AvgIpc) is 2.46. The van der Waals surface area contributed by atoms with E-state index in [2.05, 4.69) is 5.32 Å². The number of carbonyl (C=O) groups is 3. The van der Waals surface area contributed by atoms with Crippen molar-refractivity contribution in [2.24, 2.45) is 5.73 Å². The van der Waals surface area contributed by atoms with Crippen molar-refractivity contribution in [3.05, 3.63) is 29.8 Å². The minimum absolute atomic E-state index is 0.0115. The zero-order chi connectivity index (χ0) is 16.0. The number of benzene rings is 1. The van der Waals surface area contributed by atoms with E-state index in [1.54, 1.807) is 0 Å². The molecule has 5 N–H and O–H groups in total. The molecule has 7 nitrogen and oxygen atoms in total. The lowest BCUT2D eigenvalue weighted by Gasteiger charge is -2.23. The topological polar surface area (TPSA) is 130 Å². The Morgan fingerprint density at radius 3 is 2.29 bits per heavy atom. The van der Waals surface area contributed by atoms with Gasteiger partial charge in [0.05, 0.1) is 6.54 Å². The standard InChI is InChI=1S/C13H15ClN2O5/c14-6-11(19)16-7-10(18)13(15,12(20)21)5-8-1-3-9(17)4-2-8/h1-4,17H,5-7,15H2,(H,16,19)(H,20,21)/t13-/m1/s1. The second-order valence-corrected chi connectivity index (χ2v) is 4.72. The molecule has 0 bridgehead atoms. The molecule has 0 fully saturated rings. The molecule has 21 heavy (non-hydrogen) atoms. The van der Waals surface area contributed by atoms with Crippen molar-refractivity contribution in [2.75, 3.05) is 12.4 Å². The molecule has 0 saturated carbocycles. The number of aromatic hydroxyl groups is 1. The Labute approximate surface area is 125 Å². The van der Waals surface area contributed by atoms with E-state index < -0.39 is 29.7 Å². The Morgan fingerprint density at radius 2 is 1.81 bits per heavy atom. The van der Waals surface area contributed by atoms with E-state index in [1.807, 2.05) is 0 Å². The van der Waals surface area contributed by atoms with Gasteiger partial charge in [-0.25, -0.2) is 4.79 Å².